The smallest absolute Gasteiger partial charge is 0.119 e. The van der Waals surface area contributed by atoms with Crippen molar-refractivity contribution in [3.8, 4) is 5.75 Å². The van der Waals surface area contributed by atoms with Gasteiger partial charge in [-0.1, -0.05) is 12.1 Å². The fraction of sp³-hybridized carbons (Fsp3) is 0.667. The molecule has 0 saturated carbocycles. The van der Waals surface area contributed by atoms with Crippen molar-refractivity contribution in [1.82, 2.24) is 10.2 Å². The van der Waals surface area contributed by atoms with Gasteiger partial charge in [-0.25, -0.2) is 0 Å². The summed E-state index contributed by atoms with van der Waals surface area (Å²) in [5, 5.41) is 3.38. The van der Waals surface area contributed by atoms with Crippen LogP contribution in [0.5, 0.6) is 5.75 Å². The molecule has 0 aliphatic carbocycles. The van der Waals surface area contributed by atoms with Crippen LogP contribution in [0.1, 0.15) is 31.2 Å². The van der Waals surface area contributed by atoms with Crippen LogP contribution in [0.4, 0.5) is 0 Å². The van der Waals surface area contributed by atoms with Gasteiger partial charge in [0.2, 0.25) is 0 Å². The molecule has 2 fully saturated rings. The molecule has 2 aliphatic rings. The molecule has 2 saturated heterocycles. The highest BCUT2D eigenvalue weighted by atomic mass is 35.5. The Hall–Kier alpha value is -0.810. The number of hydrogen-bond acceptors (Lipinski definition) is 4. The van der Waals surface area contributed by atoms with Gasteiger partial charge in [0, 0.05) is 19.2 Å². The Bertz CT molecular complexity index is 441. The van der Waals surface area contributed by atoms with Gasteiger partial charge in [-0.2, -0.15) is 0 Å². The number of rotatable bonds is 6. The van der Waals surface area contributed by atoms with E-state index in [1.54, 1.807) is 0 Å². The molecule has 0 spiro atoms. The Kier molecular flexibility index (Phi) is 7.63. The summed E-state index contributed by atoms with van der Waals surface area (Å²) in [6, 6.07) is 9.25. The largest absolute Gasteiger partial charge is 0.491 e. The van der Waals surface area contributed by atoms with Crippen molar-refractivity contribution in [2.24, 2.45) is 0 Å². The SMILES string of the molecule is CNC1CCN(Cc2ccc(OCC3CCCO3)cc2)CC1.Cl. The highest BCUT2D eigenvalue weighted by Crippen LogP contribution is 2.18. The second kappa shape index (κ2) is 9.48. The average Bonchev–Trinajstić information content (AvgIpc) is 3.08. The Balaban J connectivity index is 0.00000192. The molecule has 23 heavy (non-hydrogen) atoms. The van der Waals surface area contributed by atoms with Gasteiger partial charge in [0.25, 0.3) is 0 Å². The van der Waals surface area contributed by atoms with Gasteiger partial charge >= 0.3 is 0 Å². The van der Waals surface area contributed by atoms with Crippen molar-refractivity contribution in [2.75, 3.05) is 33.4 Å². The van der Waals surface area contributed by atoms with Crippen LogP contribution in [0.15, 0.2) is 24.3 Å². The van der Waals surface area contributed by atoms with E-state index in [1.165, 1.54) is 31.5 Å². The number of halogens is 1. The molecule has 1 N–H and O–H groups in total. The molecule has 0 radical (unpaired) electrons. The Morgan fingerprint density at radius 1 is 1.17 bits per heavy atom. The van der Waals surface area contributed by atoms with Gasteiger partial charge in [-0.3, -0.25) is 4.90 Å². The molecule has 0 bridgehead atoms. The fourth-order valence-corrected chi connectivity index (χ4v) is 3.29. The van der Waals surface area contributed by atoms with Gasteiger partial charge in [0.15, 0.2) is 0 Å². The molecule has 3 rings (SSSR count). The van der Waals surface area contributed by atoms with Gasteiger partial charge in [-0.05, 0) is 63.5 Å². The van der Waals surface area contributed by atoms with Crippen molar-refractivity contribution in [1.29, 1.82) is 0 Å². The average molecular weight is 341 g/mol. The zero-order valence-electron chi connectivity index (χ0n) is 14.0. The third-order valence-electron chi connectivity index (χ3n) is 4.79. The van der Waals surface area contributed by atoms with Gasteiger partial charge < -0.3 is 14.8 Å². The van der Waals surface area contributed by atoms with E-state index in [4.69, 9.17) is 9.47 Å². The first-order valence-corrected chi connectivity index (χ1v) is 8.56. The molecule has 1 atom stereocenters. The van der Waals surface area contributed by atoms with Crippen LogP contribution >= 0.6 is 12.4 Å². The normalized spacial score (nSPS) is 22.7. The fourth-order valence-electron chi connectivity index (χ4n) is 3.29. The second-order valence-electron chi connectivity index (χ2n) is 6.43. The number of likely N-dealkylation sites (tertiary alicyclic amines) is 1. The second-order valence-corrected chi connectivity index (χ2v) is 6.43. The molecule has 0 aromatic heterocycles. The lowest BCUT2D eigenvalue weighted by molar-refractivity contribution is 0.0679. The van der Waals surface area contributed by atoms with E-state index < -0.39 is 0 Å². The first-order chi connectivity index (χ1) is 10.8. The predicted octanol–water partition coefficient (Wildman–Crippen LogP) is 2.85. The number of hydrogen-bond donors (Lipinski definition) is 1. The Morgan fingerprint density at radius 2 is 1.91 bits per heavy atom. The van der Waals surface area contributed by atoms with Crippen LogP contribution in [0.3, 0.4) is 0 Å². The van der Waals surface area contributed by atoms with Crippen LogP contribution in [0, 0.1) is 0 Å². The zero-order chi connectivity index (χ0) is 15.2. The number of ether oxygens (including phenoxy) is 2. The van der Waals surface area contributed by atoms with Crippen LogP contribution in [-0.2, 0) is 11.3 Å². The van der Waals surface area contributed by atoms with E-state index in [-0.39, 0.29) is 18.5 Å². The number of nitrogens with one attached hydrogen (secondary N) is 1. The van der Waals surface area contributed by atoms with E-state index in [0.29, 0.717) is 12.6 Å². The van der Waals surface area contributed by atoms with Crippen LogP contribution in [0.25, 0.3) is 0 Å². The molecule has 1 aromatic rings. The topological polar surface area (TPSA) is 33.7 Å². The first-order valence-electron chi connectivity index (χ1n) is 8.56. The summed E-state index contributed by atoms with van der Waals surface area (Å²) in [4.78, 5) is 2.54. The summed E-state index contributed by atoms with van der Waals surface area (Å²) in [7, 11) is 2.07. The van der Waals surface area contributed by atoms with Crippen LogP contribution in [-0.4, -0.2) is 50.4 Å². The van der Waals surface area contributed by atoms with E-state index in [9.17, 15) is 0 Å². The third-order valence-corrected chi connectivity index (χ3v) is 4.79. The molecule has 130 valence electrons. The minimum absolute atomic E-state index is 0. The molecular weight excluding hydrogens is 312 g/mol. The Labute approximate surface area is 145 Å². The number of benzene rings is 1. The monoisotopic (exact) mass is 340 g/mol. The molecule has 1 aromatic carbocycles. The van der Waals surface area contributed by atoms with Gasteiger partial charge in [0.1, 0.15) is 12.4 Å². The summed E-state index contributed by atoms with van der Waals surface area (Å²) in [5.74, 6) is 0.952. The molecule has 4 nitrogen and oxygen atoms in total. The lowest BCUT2D eigenvalue weighted by atomic mass is 10.0. The maximum atomic E-state index is 5.82. The molecule has 0 amide bonds. The highest BCUT2D eigenvalue weighted by molar-refractivity contribution is 5.85. The van der Waals surface area contributed by atoms with Crippen molar-refractivity contribution in [3.63, 3.8) is 0 Å². The van der Waals surface area contributed by atoms with Crippen molar-refractivity contribution in [3.05, 3.63) is 29.8 Å². The predicted molar refractivity (Wildman–Crippen MR) is 95.5 cm³/mol. The number of nitrogens with zero attached hydrogens (tertiary/aromatic N) is 1. The number of piperidine rings is 1. The summed E-state index contributed by atoms with van der Waals surface area (Å²) in [6.45, 7) is 4.97. The third kappa shape index (κ3) is 5.64. The molecule has 1 unspecified atom stereocenters. The van der Waals surface area contributed by atoms with E-state index in [2.05, 4.69) is 41.5 Å². The van der Waals surface area contributed by atoms with Crippen molar-refractivity contribution < 1.29 is 9.47 Å². The van der Waals surface area contributed by atoms with E-state index in [1.807, 2.05) is 0 Å². The van der Waals surface area contributed by atoms with Crippen molar-refractivity contribution in [2.45, 2.75) is 44.4 Å². The van der Waals surface area contributed by atoms with Gasteiger partial charge in [0.05, 0.1) is 6.10 Å². The molecule has 2 aliphatic heterocycles. The molecular formula is C18H29ClN2O2. The molecule has 2 heterocycles. The van der Waals surface area contributed by atoms with Gasteiger partial charge in [-0.15, -0.1) is 12.4 Å². The van der Waals surface area contributed by atoms with Crippen molar-refractivity contribution >= 4 is 12.4 Å². The minimum Gasteiger partial charge on any atom is -0.491 e. The quantitative estimate of drug-likeness (QED) is 0.863. The maximum Gasteiger partial charge on any atom is 0.119 e. The van der Waals surface area contributed by atoms with E-state index in [0.717, 1.165) is 31.7 Å². The maximum absolute atomic E-state index is 5.82. The summed E-state index contributed by atoms with van der Waals surface area (Å²) < 4.78 is 11.4. The Morgan fingerprint density at radius 3 is 2.52 bits per heavy atom. The van der Waals surface area contributed by atoms with Crippen LogP contribution in [0.2, 0.25) is 0 Å². The summed E-state index contributed by atoms with van der Waals surface area (Å²) in [5.41, 5.74) is 1.37. The van der Waals surface area contributed by atoms with E-state index >= 15 is 0 Å². The highest BCUT2D eigenvalue weighted by Gasteiger charge is 2.18. The first kappa shape index (κ1) is 18.5. The summed E-state index contributed by atoms with van der Waals surface area (Å²) in [6.07, 6.45) is 5.07. The van der Waals surface area contributed by atoms with Crippen LogP contribution < -0.4 is 10.1 Å². The zero-order valence-corrected chi connectivity index (χ0v) is 14.8. The standard InChI is InChI=1S/C18H28N2O2.ClH/c1-19-16-8-10-20(11-9-16)13-15-4-6-17(7-5-15)22-14-18-3-2-12-21-18;/h4-7,16,18-19H,2-3,8-14H2,1H3;1H. The summed E-state index contributed by atoms with van der Waals surface area (Å²) >= 11 is 0. The lowest BCUT2D eigenvalue weighted by Gasteiger charge is -2.31. The lowest BCUT2D eigenvalue weighted by Crippen LogP contribution is -2.40. The minimum atomic E-state index is 0. The molecule has 5 heteroatoms.